The van der Waals surface area contributed by atoms with E-state index in [0.29, 0.717) is 5.65 Å². The Kier molecular flexibility index (Phi) is 8.51. The Hall–Kier alpha value is -3.07. The van der Waals surface area contributed by atoms with Crippen LogP contribution in [0.5, 0.6) is 0 Å². The molecule has 1 aliphatic heterocycles. The zero-order valence-corrected chi connectivity index (χ0v) is 22.0. The first kappa shape index (κ1) is 26.0. The van der Waals surface area contributed by atoms with Crippen molar-refractivity contribution < 1.29 is 13.2 Å². The maximum atomic E-state index is 11.9. The number of morpholine rings is 1. The van der Waals surface area contributed by atoms with Crippen molar-refractivity contribution in [2.45, 2.75) is 31.6 Å². The highest BCUT2D eigenvalue weighted by molar-refractivity contribution is 7.90. The maximum absolute atomic E-state index is 11.9. The summed E-state index contributed by atoms with van der Waals surface area (Å²) in [5, 5.41) is 4.46. The minimum Gasteiger partial charge on any atom is -0.379 e. The van der Waals surface area contributed by atoms with Crippen molar-refractivity contribution in [2.75, 3.05) is 39.1 Å². The van der Waals surface area contributed by atoms with E-state index in [1.807, 2.05) is 18.5 Å². The van der Waals surface area contributed by atoms with Crippen LogP contribution >= 0.6 is 0 Å². The van der Waals surface area contributed by atoms with Gasteiger partial charge in [0.05, 0.1) is 24.3 Å². The normalized spacial score (nSPS) is 14.4. The van der Waals surface area contributed by atoms with Gasteiger partial charge in [-0.05, 0) is 35.2 Å². The van der Waals surface area contributed by atoms with E-state index < -0.39 is 9.84 Å². The quantitative estimate of drug-likeness (QED) is 0.375. The lowest BCUT2D eigenvalue weighted by atomic mass is 10.0. The minimum atomic E-state index is -3.28. The van der Waals surface area contributed by atoms with Crippen molar-refractivity contribution in [3.05, 3.63) is 72.7 Å². The van der Waals surface area contributed by atoms with Gasteiger partial charge in [-0.25, -0.2) is 17.9 Å². The fourth-order valence-electron chi connectivity index (χ4n) is 4.10. The highest BCUT2D eigenvalue weighted by Gasteiger charge is 2.13. The number of fused-ring (bicyclic) bond motifs is 1. The largest absolute Gasteiger partial charge is 0.379 e. The van der Waals surface area contributed by atoms with Gasteiger partial charge < -0.3 is 4.74 Å². The molecule has 0 spiro atoms. The van der Waals surface area contributed by atoms with E-state index in [0.717, 1.165) is 61.5 Å². The number of nitrogens with zero attached hydrogens (tertiary/aromatic N) is 4. The molecule has 5 rings (SSSR count). The molecule has 0 amide bonds. The maximum Gasteiger partial charge on any atom is 0.175 e. The van der Waals surface area contributed by atoms with Gasteiger partial charge in [-0.15, -0.1) is 0 Å². The van der Waals surface area contributed by atoms with Crippen LogP contribution in [-0.2, 0) is 21.0 Å². The molecule has 0 unspecified atom stereocenters. The van der Waals surface area contributed by atoms with Crippen LogP contribution in [0.2, 0.25) is 0 Å². The van der Waals surface area contributed by atoms with Crippen LogP contribution in [0.15, 0.2) is 72.0 Å². The number of benzene rings is 2. The van der Waals surface area contributed by atoms with E-state index >= 15 is 0 Å². The summed E-state index contributed by atoms with van der Waals surface area (Å²) >= 11 is 0. The predicted molar refractivity (Wildman–Crippen MR) is 144 cm³/mol. The Balaban J connectivity index is 0.000000967. The van der Waals surface area contributed by atoms with E-state index in [2.05, 4.69) is 53.1 Å². The highest BCUT2D eigenvalue weighted by atomic mass is 32.2. The third kappa shape index (κ3) is 6.37. The van der Waals surface area contributed by atoms with Crippen molar-refractivity contribution in [1.82, 2.24) is 19.5 Å². The van der Waals surface area contributed by atoms with E-state index in [4.69, 9.17) is 4.74 Å². The highest BCUT2D eigenvalue weighted by Crippen LogP contribution is 2.27. The molecule has 1 aliphatic rings. The Morgan fingerprint density at radius 2 is 1.67 bits per heavy atom. The van der Waals surface area contributed by atoms with Gasteiger partial charge in [-0.3, -0.25) is 4.90 Å². The second kappa shape index (κ2) is 11.8. The predicted octanol–water partition coefficient (Wildman–Crippen LogP) is 4.76. The molecule has 0 bridgehead atoms. The molecule has 3 heterocycles. The smallest absolute Gasteiger partial charge is 0.175 e. The molecule has 8 heteroatoms. The molecule has 1 fully saturated rings. The summed E-state index contributed by atoms with van der Waals surface area (Å²) in [6, 6.07) is 15.5. The average molecular weight is 507 g/mol. The second-order valence-corrected chi connectivity index (χ2v) is 11.1. The number of rotatable bonds is 6. The second-order valence-electron chi connectivity index (χ2n) is 9.08. The number of hydrogen-bond donors (Lipinski definition) is 0. The summed E-state index contributed by atoms with van der Waals surface area (Å²) in [5.41, 5.74) is 5.62. The molecule has 2 aromatic carbocycles. The number of aromatic nitrogens is 3. The molecule has 2 aromatic heterocycles. The summed E-state index contributed by atoms with van der Waals surface area (Å²) in [4.78, 5) is 7.36. The lowest BCUT2D eigenvalue weighted by Crippen LogP contribution is -2.37. The topological polar surface area (TPSA) is 76.8 Å². The van der Waals surface area contributed by atoms with Crippen molar-refractivity contribution in [1.29, 1.82) is 0 Å². The summed E-state index contributed by atoms with van der Waals surface area (Å²) < 4.78 is 31.0. The fourth-order valence-corrected chi connectivity index (χ4v) is 4.76. The zero-order valence-electron chi connectivity index (χ0n) is 21.2. The molecule has 36 heavy (non-hydrogen) atoms. The van der Waals surface area contributed by atoms with Gasteiger partial charge in [0.1, 0.15) is 0 Å². The van der Waals surface area contributed by atoms with Crippen LogP contribution in [0.4, 0.5) is 0 Å². The lowest BCUT2D eigenvalue weighted by molar-refractivity contribution is 0.0384. The SMILES string of the molecule is CCC.CS(=O)(=O)c1cccc(-c2cnn3cc(-c4ccc(CCN5CCOCC5)cc4)cnc23)c1. The third-order valence-electron chi connectivity index (χ3n) is 6.04. The summed E-state index contributed by atoms with van der Waals surface area (Å²) in [7, 11) is -3.28. The van der Waals surface area contributed by atoms with Crippen molar-refractivity contribution in [3.63, 3.8) is 0 Å². The summed E-state index contributed by atoms with van der Waals surface area (Å²) in [6.07, 6.45) is 8.99. The number of hydrogen-bond acceptors (Lipinski definition) is 6. The minimum absolute atomic E-state index is 0.282. The molecular weight excluding hydrogens is 472 g/mol. The summed E-state index contributed by atoms with van der Waals surface area (Å²) in [6.45, 7) is 8.97. The van der Waals surface area contributed by atoms with Crippen molar-refractivity contribution in [3.8, 4) is 22.3 Å². The van der Waals surface area contributed by atoms with Crippen LogP contribution in [0.25, 0.3) is 27.9 Å². The van der Waals surface area contributed by atoms with Gasteiger partial charge in [0.15, 0.2) is 15.5 Å². The Labute approximate surface area is 213 Å². The van der Waals surface area contributed by atoms with Gasteiger partial charge in [-0.1, -0.05) is 56.7 Å². The first-order chi connectivity index (χ1) is 17.4. The molecular formula is C28H34N4O3S. The zero-order chi connectivity index (χ0) is 25.5. The standard InChI is InChI=1S/C25H26N4O3S.C3H8/c1-33(30,31)23-4-2-3-21(15-23)24-17-27-29-18-22(16-26-25(24)29)20-7-5-19(6-8-20)9-10-28-11-13-32-14-12-28;1-3-2/h2-8,15-18H,9-14H2,1H3;3H2,1-2H3. The van der Waals surface area contributed by atoms with E-state index in [1.54, 1.807) is 28.9 Å². The third-order valence-corrected chi connectivity index (χ3v) is 7.15. The Morgan fingerprint density at radius 3 is 2.36 bits per heavy atom. The van der Waals surface area contributed by atoms with Crippen LogP contribution in [0.1, 0.15) is 25.8 Å². The molecule has 1 saturated heterocycles. The van der Waals surface area contributed by atoms with Crippen LogP contribution < -0.4 is 0 Å². The lowest BCUT2D eigenvalue weighted by Gasteiger charge is -2.26. The van der Waals surface area contributed by atoms with Crippen LogP contribution in [-0.4, -0.2) is 67.0 Å². The fraction of sp³-hybridized carbons (Fsp3) is 0.357. The Bertz CT molecular complexity index is 1390. The van der Waals surface area contributed by atoms with Gasteiger partial charge >= 0.3 is 0 Å². The summed E-state index contributed by atoms with van der Waals surface area (Å²) in [5.74, 6) is 0. The van der Waals surface area contributed by atoms with E-state index in [1.165, 1.54) is 18.2 Å². The molecule has 0 saturated carbocycles. The molecule has 7 nitrogen and oxygen atoms in total. The van der Waals surface area contributed by atoms with Gasteiger partial charge in [0.2, 0.25) is 0 Å². The molecule has 0 aliphatic carbocycles. The number of sulfone groups is 1. The van der Waals surface area contributed by atoms with Crippen LogP contribution in [0, 0.1) is 0 Å². The first-order valence-electron chi connectivity index (χ1n) is 12.4. The first-order valence-corrected chi connectivity index (χ1v) is 14.3. The monoisotopic (exact) mass is 506 g/mol. The molecule has 0 atom stereocenters. The molecule has 0 radical (unpaired) electrons. The van der Waals surface area contributed by atoms with Crippen molar-refractivity contribution in [2.24, 2.45) is 0 Å². The number of ether oxygens (including phenoxy) is 1. The van der Waals surface area contributed by atoms with Crippen LogP contribution in [0.3, 0.4) is 0 Å². The van der Waals surface area contributed by atoms with Crippen molar-refractivity contribution >= 4 is 15.5 Å². The van der Waals surface area contributed by atoms with Gasteiger partial charge in [-0.2, -0.15) is 5.10 Å². The average Bonchev–Trinajstić information content (AvgIpc) is 3.32. The molecule has 4 aromatic rings. The molecule has 190 valence electrons. The molecule has 0 N–H and O–H groups in total. The van der Waals surface area contributed by atoms with E-state index in [9.17, 15) is 8.42 Å². The van der Waals surface area contributed by atoms with E-state index in [-0.39, 0.29) is 4.90 Å². The van der Waals surface area contributed by atoms with Gasteiger partial charge in [0, 0.05) is 49.4 Å². The Morgan fingerprint density at radius 1 is 0.944 bits per heavy atom. The van der Waals surface area contributed by atoms with Gasteiger partial charge in [0.25, 0.3) is 0 Å².